The molecule has 2 atom stereocenters. The van der Waals surface area contributed by atoms with E-state index in [0.29, 0.717) is 19.2 Å². The first-order chi connectivity index (χ1) is 18.0. The number of fused-ring (bicyclic) bond motifs is 1. The highest BCUT2D eigenvalue weighted by atomic mass is 16.5. The first kappa shape index (κ1) is 28.8. The molecule has 0 aromatic heterocycles. The molecule has 0 bridgehead atoms. The Hall–Kier alpha value is -2.81. The molecule has 1 heterocycles. The van der Waals surface area contributed by atoms with Crippen LogP contribution in [0.3, 0.4) is 0 Å². The molecule has 2 unspecified atom stereocenters. The van der Waals surface area contributed by atoms with Crippen molar-refractivity contribution in [1.29, 1.82) is 0 Å². The third-order valence-corrected chi connectivity index (χ3v) is 6.75. The molecular formula is C29H42N2O6. The number of likely N-dealkylation sites (N-methyl/N-ethyl adjacent to an activating group) is 1. The number of carbonyl (C=O) groups is 1. The molecule has 1 aliphatic rings. The van der Waals surface area contributed by atoms with Crippen molar-refractivity contribution in [2.24, 2.45) is 0 Å². The second-order valence-corrected chi connectivity index (χ2v) is 9.40. The maximum Gasteiger partial charge on any atom is 0.406 e. The largest absolute Gasteiger partial charge is 0.508 e. The van der Waals surface area contributed by atoms with Crippen molar-refractivity contribution in [3.8, 4) is 11.5 Å². The molecule has 0 saturated heterocycles. The highest BCUT2D eigenvalue weighted by molar-refractivity contribution is 5.66. The van der Waals surface area contributed by atoms with Gasteiger partial charge in [0.25, 0.3) is 0 Å². The highest BCUT2D eigenvalue weighted by Crippen LogP contribution is 2.36. The standard InChI is InChI=1S/C29H42N2O6/c1-30-24(10-5-4-6-14-34-2)18-22-17-23(20-27-26(22)12-8-15-36-27)28(21-9-7-11-25(32)19-21)37-16-13-31-29(33)35-3/h7,9,11,17,19-20,24,28,30,32H,4-6,8,10,12-16,18H2,1-3H3,(H,31,33). The Morgan fingerprint density at radius 2 is 1.97 bits per heavy atom. The number of rotatable bonds is 15. The third-order valence-electron chi connectivity index (χ3n) is 6.75. The van der Waals surface area contributed by atoms with Gasteiger partial charge < -0.3 is 34.7 Å². The topological polar surface area (TPSA) is 98.3 Å². The van der Waals surface area contributed by atoms with Gasteiger partial charge in [0.15, 0.2) is 0 Å². The summed E-state index contributed by atoms with van der Waals surface area (Å²) in [5.74, 6) is 1.09. The minimum atomic E-state index is -0.498. The van der Waals surface area contributed by atoms with Crippen LogP contribution >= 0.6 is 0 Å². The Morgan fingerprint density at radius 3 is 2.73 bits per heavy atom. The smallest absolute Gasteiger partial charge is 0.406 e. The quantitative estimate of drug-likeness (QED) is 0.301. The Morgan fingerprint density at radius 1 is 1.11 bits per heavy atom. The van der Waals surface area contributed by atoms with Crippen LogP contribution in [0.15, 0.2) is 36.4 Å². The van der Waals surface area contributed by atoms with E-state index in [4.69, 9.17) is 14.2 Å². The Labute approximate surface area is 220 Å². The summed E-state index contributed by atoms with van der Waals surface area (Å²) < 4.78 is 22.2. The molecule has 2 aromatic rings. The predicted molar refractivity (Wildman–Crippen MR) is 143 cm³/mol. The molecule has 3 N–H and O–H groups in total. The van der Waals surface area contributed by atoms with Crippen LogP contribution in [0.2, 0.25) is 0 Å². The summed E-state index contributed by atoms with van der Waals surface area (Å²) >= 11 is 0. The fourth-order valence-corrected chi connectivity index (χ4v) is 4.81. The van der Waals surface area contributed by atoms with E-state index >= 15 is 0 Å². The van der Waals surface area contributed by atoms with E-state index in [1.807, 2.05) is 19.2 Å². The fraction of sp³-hybridized carbons (Fsp3) is 0.552. The minimum Gasteiger partial charge on any atom is -0.508 e. The van der Waals surface area contributed by atoms with E-state index in [9.17, 15) is 9.90 Å². The maximum absolute atomic E-state index is 11.5. The van der Waals surface area contributed by atoms with Gasteiger partial charge in [0.2, 0.25) is 0 Å². The first-order valence-electron chi connectivity index (χ1n) is 13.2. The number of carbonyl (C=O) groups excluding carboxylic acids is 1. The van der Waals surface area contributed by atoms with Crippen molar-refractivity contribution in [2.45, 2.75) is 57.1 Å². The summed E-state index contributed by atoms with van der Waals surface area (Å²) in [5, 5.41) is 16.3. The molecular weight excluding hydrogens is 472 g/mol. The van der Waals surface area contributed by atoms with Crippen LogP contribution in [0.5, 0.6) is 11.5 Å². The lowest BCUT2D eigenvalue weighted by Crippen LogP contribution is -2.29. The van der Waals surface area contributed by atoms with Gasteiger partial charge in [-0.15, -0.1) is 0 Å². The average molecular weight is 515 g/mol. The number of aromatic hydroxyl groups is 1. The summed E-state index contributed by atoms with van der Waals surface area (Å²) in [6.45, 7) is 2.10. The lowest BCUT2D eigenvalue weighted by molar-refractivity contribution is 0.0801. The Bertz CT molecular complexity index is 983. The monoisotopic (exact) mass is 514 g/mol. The number of phenolic OH excluding ortho intramolecular Hbond substituents is 1. The minimum absolute atomic E-state index is 0.178. The van der Waals surface area contributed by atoms with Crippen molar-refractivity contribution in [3.63, 3.8) is 0 Å². The molecule has 0 spiro atoms. The zero-order valence-electron chi connectivity index (χ0n) is 22.4. The molecule has 2 aromatic carbocycles. The van der Waals surface area contributed by atoms with Crippen LogP contribution in [-0.2, 0) is 27.1 Å². The Kier molecular flexibility index (Phi) is 12.0. The van der Waals surface area contributed by atoms with Crippen molar-refractivity contribution >= 4 is 6.09 Å². The molecule has 0 saturated carbocycles. The molecule has 37 heavy (non-hydrogen) atoms. The van der Waals surface area contributed by atoms with Crippen LogP contribution in [0.1, 0.15) is 60.5 Å². The van der Waals surface area contributed by atoms with E-state index in [1.54, 1.807) is 19.2 Å². The van der Waals surface area contributed by atoms with Crippen molar-refractivity contribution in [2.75, 3.05) is 47.6 Å². The summed E-state index contributed by atoms with van der Waals surface area (Å²) in [6.07, 6.45) is 6.45. The van der Waals surface area contributed by atoms with Gasteiger partial charge in [0.1, 0.15) is 17.6 Å². The molecule has 1 aliphatic heterocycles. The van der Waals surface area contributed by atoms with Gasteiger partial charge >= 0.3 is 6.09 Å². The third kappa shape index (κ3) is 8.91. The number of phenols is 1. The number of ether oxygens (including phenoxy) is 4. The SMILES string of the molecule is CNC(CCCCCOC)Cc1cc(C(OCCNC(=O)OC)c2cccc(O)c2)cc2c1CCCO2. The van der Waals surface area contributed by atoms with E-state index in [1.165, 1.54) is 18.2 Å². The van der Waals surface area contributed by atoms with Crippen LogP contribution in [-0.4, -0.2) is 64.9 Å². The molecule has 8 heteroatoms. The summed E-state index contributed by atoms with van der Waals surface area (Å²) in [7, 11) is 5.11. The van der Waals surface area contributed by atoms with E-state index in [2.05, 4.69) is 27.5 Å². The number of unbranched alkanes of at least 4 members (excludes halogenated alkanes) is 2. The van der Waals surface area contributed by atoms with E-state index in [-0.39, 0.29) is 12.4 Å². The summed E-state index contributed by atoms with van der Waals surface area (Å²) in [4.78, 5) is 11.5. The van der Waals surface area contributed by atoms with Crippen molar-refractivity contribution in [1.82, 2.24) is 10.6 Å². The number of nitrogens with one attached hydrogen (secondary N) is 2. The van der Waals surface area contributed by atoms with Gasteiger partial charge in [-0.05, 0) is 79.6 Å². The average Bonchev–Trinajstić information content (AvgIpc) is 2.91. The lowest BCUT2D eigenvalue weighted by Gasteiger charge is -2.27. The van der Waals surface area contributed by atoms with Gasteiger partial charge in [-0.1, -0.05) is 31.0 Å². The van der Waals surface area contributed by atoms with Crippen LogP contribution in [0.25, 0.3) is 0 Å². The van der Waals surface area contributed by atoms with Crippen molar-refractivity contribution < 1.29 is 28.8 Å². The maximum atomic E-state index is 11.5. The number of methoxy groups -OCH3 is 2. The van der Waals surface area contributed by atoms with Crippen molar-refractivity contribution in [3.05, 3.63) is 58.7 Å². The highest BCUT2D eigenvalue weighted by Gasteiger charge is 2.23. The zero-order valence-corrected chi connectivity index (χ0v) is 22.4. The van der Waals surface area contributed by atoms with Gasteiger partial charge in [-0.25, -0.2) is 4.79 Å². The van der Waals surface area contributed by atoms with E-state index < -0.39 is 12.2 Å². The number of benzene rings is 2. The predicted octanol–water partition coefficient (Wildman–Crippen LogP) is 4.52. The number of amides is 1. The Balaban J connectivity index is 1.85. The molecule has 204 valence electrons. The van der Waals surface area contributed by atoms with Gasteiger partial charge in [-0.2, -0.15) is 0 Å². The van der Waals surface area contributed by atoms with Crippen LogP contribution in [0.4, 0.5) is 4.79 Å². The van der Waals surface area contributed by atoms with Crippen LogP contribution in [0, 0.1) is 0 Å². The van der Waals surface area contributed by atoms with Gasteiger partial charge in [0.05, 0.1) is 20.3 Å². The second-order valence-electron chi connectivity index (χ2n) is 9.40. The first-order valence-corrected chi connectivity index (χ1v) is 13.2. The number of hydrogen-bond acceptors (Lipinski definition) is 7. The lowest BCUT2D eigenvalue weighted by atomic mass is 9.89. The second kappa shape index (κ2) is 15.4. The summed E-state index contributed by atoms with van der Waals surface area (Å²) in [6, 6.07) is 11.8. The molecule has 0 radical (unpaired) electrons. The molecule has 3 rings (SSSR count). The zero-order chi connectivity index (χ0) is 26.5. The van der Waals surface area contributed by atoms with Gasteiger partial charge in [0, 0.05) is 26.3 Å². The summed E-state index contributed by atoms with van der Waals surface area (Å²) in [5.41, 5.74) is 4.35. The molecule has 0 aliphatic carbocycles. The van der Waals surface area contributed by atoms with Gasteiger partial charge in [-0.3, -0.25) is 0 Å². The van der Waals surface area contributed by atoms with Crippen LogP contribution < -0.4 is 15.4 Å². The normalized spacial score (nSPS) is 14.4. The van der Waals surface area contributed by atoms with E-state index in [0.717, 1.165) is 68.4 Å². The molecule has 8 nitrogen and oxygen atoms in total. The molecule has 0 fully saturated rings. The number of hydrogen-bond donors (Lipinski definition) is 3. The number of alkyl carbamates (subject to hydrolysis) is 1. The molecule has 1 amide bonds. The fourth-order valence-electron chi connectivity index (χ4n) is 4.81.